The lowest BCUT2D eigenvalue weighted by molar-refractivity contribution is -0.116. The second-order valence-electron chi connectivity index (χ2n) is 4.88. The van der Waals surface area contributed by atoms with Gasteiger partial charge in [-0.15, -0.1) is 0 Å². The standard InChI is InChI=1S/C15H17NO/c17-15-8-4-7-14-12(15)9-10-13(16-14)11-5-2-1-3-6-11/h1-3,5-6,13,16H,4,7-10H2/t13-/m1/s1. The van der Waals surface area contributed by atoms with Gasteiger partial charge in [-0.25, -0.2) is 0 Å². The first-order chi connectivity index (χ1) is 8.34. The molecule has 1 aromatic rings. The summed E-state index contributed by atoms with van der Waals surface area (Å²) < 4.78 is 0. The van der Waals surface area contributed by atoms with Crippen LogP contribution in [0.15, 0.2) is 41.6 Å². The quantitative estimate of drug-likeness (QED) is 0.798. The van der Waals surface area contributed by atoms with Crippen LogP contribution in [0.4, 0.5) is 0 Å². The van der Waals surface area contributed by atoms with Crippen LogP contribution in [0.5, 0.6) is 0 Å². The Labute approximate surface area is 102 Å². The Balaban J connectivity index is 1.84. The zero-order valence-corrected chi connectivity index (χ0v) is 9.91. The third-order valence-electron chi connectivity index (χ3n) is 3.76. The molecule has 0 spiro atoms. The van der Waals surface area contributed by atoms with E-state index in [1.807, 2.05) is 6.07 Å². The SMILES string of the molecule is O=C1CCCC2=C1CC[C@H](c1ccccc1)N2. The van der Waals surface area contributed by atoms with Crippen molar-refractivity contribution in [2.75, 3.05) is 0 Å². The topological polar surface area (TPSA) is 29.1 Å². The number of allylic oxidation sites excluding steroid dienone is 2. The summed E-state index contributed by atoms with van der Waals surface area (Å²) in [5.74, 6) is 0.366. The van der Waals surface area contributed by atoms with E-state index in [0.29, 0.717) is 11.8 Å². The van der Waals surface area contributed by atoms with Gasteiger partial charge in [0.15, 0.2) is 5.78 Å². The number of hydrogen-bond donors (Lipinski definition) is 1. The van der Waals surface area contributed by atoms with Crippen molar-refractivity contribution in [3.8, 4) is 0 Å². The summed E-state index contributed by atoms with van der Waals surface area (Å²) in [7, 11) is 0. The fraction of sp³-hybridized carbons (Fsp3) is 0.400. The second kappa shape index (κ2) is 4.36. The highest BCUT2D eigenvalue weighted by molar-refractivity contribution is 5.96. The maximum Gasteiger partial charge on any atom is 0.160 e. The van der Waals surface area contributed by atoms with Crippen molar-refractivity contribution >= 4 is 5.78 Å². The molecule has 2 heteroatoms. The zero-order chi connectivity index (χ0) is 11.7. The van der Waals surface area contributed by atoms with Crippen molar-refractivity contribution in [2.45, 2.75) is 38.1 Å². The van der Waals surface area contributed by atoms with Gasteiger partial charge in [-0.1, -0.05) is 30.3 Å². The normalized spacial score (nSPS) is 24.2. The van der Waals surface area contributed by atoms with Gasteiger partial charge in [0, 0.05) is 17.7 Å². The van der Waals surface area contributed by atoms with Gasteiger partial charge in [0.25, 0.3) is 0 Å². The van der Waals surface area contributed by atoms with Gasteiger partial charge < -0.3 is 5.32 Å². The summed E-state index contributed by atoms with van der Waals surface area (Å²) in [5, 5.41) is 3.56. The van der Waals surface area contributed by atoms with Crippen molar-refractivity contribution < 1.29 is 4.79 Å². The highest BCUT2D eigenvalue weighted by Crippen LogP contribution is 2.33. The summed E-state index contributed by atoms with van der Waals surface area (Å²) in [6, 6.07) is 10.9. The van der Waals surface area contributed by atoms with Gasteiger partial charge in [0.2, 0.25) is 0 Å². The van der Waals surface area contributed by atoms with Crippen LogP contribution in [0, 0.1) is 0 Å². The van der Waals surface area contributed by atoms with Crippen molar-refractivity contribution in [1.29, 1.82) is 0 Å². The monoisotopic (exact) mass is 227 g/mol. The molecule has 0 amide bonds. The van der Waals surface area contributed by atoms with Crippen molar-refractivity contribution in [1.82, 2.24) is 5.32 Å². The van der Waals surface area contributed by atoms with Crippen LogP contribution >= 0.6 is 0 Å². The summed E-state index contributed by atoms with van der Waals surface area (Å²) in [5.41, 5.74) is 3.61. The van der Waals surface area contributed by atoms with Gasteiger partial charge in [-0.05, 0) is 31.2 Å². The molecule has 1 atom stereocenters. The Morgan fingerprint density at radius 1 is 1.06 bits per heavy atom. The van der Waals surface area contributed by atoms with Crippen LogP contribution in [0.2, 0.25) is 0 Å². The van der Waals surface area contributed by atoms with Crippen molar-refractivity contribution in [3.63, 3.8) is 0 Å². The largest absolute Gasteiger partial charge is 0.381 e. The van der Waals surface area contributed by atoms with E-state index in [1.165, 1.54) is 11.3 Å². The Bertz CT molecular complexity index is 461. The molecule has 1 aliphatic heterocycles. The fourth-order valence-electron chi connectivity index (χ4n) is 2.85. The van der Waals surface area contributed by atoms with Crippen LogP contribution < -0.4 is 5.32 Å². The second-order valence-corrected chi connectivity index (χ2v) is 4.88. The van der Waals surface area contributed by atoms with E-state index in [-0.39, 0.29) is 0 Å². The average molecular weight is 227 g/mol. The number of Topliss-reactive ketones (excluding diaryl/α,β-unsaturated/α-hetero) is 1. The molecule has 0 saturated heterocycles. The minimum absolute atomic E-state index is 0.366. The van der Waals surface area contributed by atoms with E-state index < -0.39 is 0 Å². The number of rotatable bonds is 1. The van der Waals surface area contributed by atoms with Crippen LogP contribution in [-0.2, 0) is 4.79 Å². The highest BCUT2D eigenvalue weighted by Gasteiger charge is 2.27. The number of carbonyl (C=O) groups is 1. The van der Waals surface area contributed by atoms with Gasteiger partial charge >= 0.3 is 0 Å². The van der Waals surface area contributed by atoms with Crippen LogP contribution in [0.3, 0.4) is 0 Å². The number of carbonyl (C=O) groups excluding carboxylic acids is 1. The third-order valence-corrected chi connectivity index (χ3v) is 3.76. The molecule has 0 bridgehead atoms. The van der Waals surface area contributed by atoms with E-state index in [1.54, 1.807) is 0 Å². The third kappa shape index (κ3) is 1.99. The zero-order valence-electron chi connectivity index (χ0n) is 9.91. The molecule has 0 radical (unpaired) electrons. The Hall–Kier alpha value is -1.57. The molecule has 0 unspecified atom stereocenters. The molecule has 2 nitrogen and oxygen atoms in total. The molecule has 2 aliphatic rings. The van der Waals surface area contributed by atoms with E-state index >= 15 is 0 Å². The predicted molar refractivity (Wildman–Crippen MR) is 67.4 cm³/mol. The van der Waals surface area contributed by atoms with Gasteiger partial charge in [-0.2, -0.15) is 0 Å². The molecular formula is C15H17NO. The number of benzene rings is 1. The first kappa shape index (κ1) is 10.6. The molecule has 1 aromatic carbocycles. The van der Waals surface area contributed by atoms with E-state index in [2.05, 4.69) is 29.6 Å². The lowest BCUT2D eigenvalue weighted by atomic mass is 9.85. The van der Waals surface area contributed by atoms with Gasteiger partial charge in [-0.3, -0.25) is 4.79 Å². The molecule has 0 aromatic heterocycles. The molecule has 1 N–H and O–H groups in total. The minimum atomic E-state index is 0.366. The molecule has 0 fully saturated rings. The predicted octanol–water partition coefficient (Wildman–Crippen LogP) is 3.12. The minimum Gasteiger partial charge on any atom is -0.381 e. The Kier molecular flexibility index (Phi) is 2.71. The molecule has 88 valence electrons. The number of hydrogen-bond acceptors (Lipinski definition) is 2. The Morgan fingerprint density at radius 2 is 1.88 bits per heavy atom. The van der Waals surface area contributed by atoms with Crippen LogP contribution in [0.25, 0.3) is 0 Å². The summed E-state index contributed by atoms with van der Waals surface area (Å²) in [6.07, 6.45) is 4.78. The maximum atomic E-state index is 11.8. The van der Waals surface area contributed by atoms with E-state index in [9.17, 15) is 4.79 Å². The molecule has 1 heterocycles. The fourth-order valence-corrected chi connectivity index (χ4v) is 2.85. The van der Waals surface area contributed by atoms with Crippen LogP contribution in [0.1, 0.15) is 43.7 Å². The molecular weight excluding hydrogens is 210 g/mol. The molecule has 3 rings (SSSR count). The maximum absolute atomic E-state index is 11.8. The van der Waals surface area contributed by atoms with Crippen molar-refractivity contribution in [3.05, 3.63) is 47.2 Å². The Morgan fingerprint density at radius 3 is 2.71 bits per heavy atom. The lowest BCUT2D eigenvalue weighted by Crippen LogP contribution is -2.30. The molecule has 0 saturated carbocycles. The molecule has 1 aliphatic carbocycles. The summed E-state index contributed by atoms with van der Waals surface area (Å²) in [6.45, 7) is 0. The lowest BCUT2D eigenvalue weighted by Gasteiger charge is -2.31. The first-order valence-electron chi connectivity index (χ1n) is 6.41. The van der Waals surface area contributed by atoms with E-state index in [4.69, 9.17) is 0 Å². The molecule has 17 heavy (non-hydrogen) atoms. The number of ketones is 1. The highest BCUT2D eigenvalue weighted by atomic mass is 16.1. The first-order valence-corrected chi connectivity index (χ1v) is 6.41. The van der Waals surface area contributed by atoms with E-state index in [0.717, 1.165) is 37.7 Å². The number of nitrogens with one attached hydrogen (secondary N) is 1. The van der Waals surface area contributed by atoms with Crippen LogP contribution in [-0.4, -0.2) is 5.78 Å². The summed E-state index contributed by atoms with van der Waals surface area (Å²) in [4.78, 5) is 11.8. The van der Waals surface area contributed by atoms with Crippen molar-refractivity contribution in [2.24, 2.45) is 0 Å². The smallest absolute Gasteiger partial charge is 0.160 e. The van der Waals surface area contributed by atoms with Gasteiger partial charge in [0.1, 0.15) is 0 Å². The summed E-state index contributed by atoms with van der Waals surface area (Å²) >= 11 is 0. The average Bonchev–Trinajstić information content (AvgIpc) is 2.40. The van der Waals surface area contributed by atoms with Gasteiger partial charge in [0.05, 0.1) is 6.04 Å².